The van der Waals surface area contributed by atoms with E-state index in [0.717, 1.165) is 37.4 Å². The molecule has 1 saturated heterocycles. The van der Waals surface area contributed by atoms with Crippen LogP contribution in [-0.4, -0.2) is 54.2 Å². The number of aromatic nitrogens is 3. The molecular formula is C20H26FN7. The zero-order valence-corrected chi connectivity index (χ0v) is 16.2. The van der Waals surface area contributed by atoms with Crippen molar-refractivity contribution in [3.05, 3.63) is 54.9 Å². The molecule has 2 heterocycles. The molecule has 1 aromatic carbocycles. The van der Waals surface area contributed by atoms with Crippen LogP contribution in [0.25, 0.3) is 0 Å². The Morgan fingerprint density at radius 3 is 2.25 bits per heavy atom. The van der Waals surface area contributed by atoms with E-state index in [-0.39, 0.29) is 5.82 Å². The third-order valence-corrected chi connectivity index (χ3v) is 4.33. The molecule has 8 heteroatoms. The standard InChI is InChI=1S/C20H26FN7/c1-4-9-22-18-24-19(23-14-15(2)3)26-20(25-18)28-12-10-27(11-13-28)17-7-5-16(21)6-8-17/h4-8H,1-2,9-14H2,3H3,(H2,22,23,24,25,26). The number of piperazine rings is 1. The van der Waals surface area contributed by atoms with E-state index in [0.29, 0.717) is 30.9 Å². The lowest BCUT2D eigenvalue weighted by Gasteiger charge is -2.36. The first-order chi connectivity index (χ1) is 13.5. The molecule has 0 saturated carbocycles. The van der Waals surface area contributed by atoms with E-state index in [1.807, 2.05) is 19.1 Å². The molecule has 1 aliphatic heterocycles. The van der Waals surface area contributed by atoms with Gasteiger partial charge in [0.25, 0.3) is 0 Å². The second-order valence-corrected chi connectivity index (χ2v) is 6.71. The normalized spacial score (nSPS) is 13.9. The molecule has 0 radical (unpaired) electrons. The number of nitrogens with one attached hydrogen (secondary N) is 2. The highest BCUT2D eigenvalue weighted by Crippen LogP contribution is 2.20. The SMILES string of the molecule is C=CCNc1nc(NCC(=C)C)nc(N2CCN(c3ccc(F)cc3)CC2)n1. The lowest BCUT2D eigenvalue weighted by atomic mass is 10.2. The lowest BCUT2D eigenvalue weighted by Crippen LogP contribution is -2.47. The van der Waals surface area contributed by atoms with Gasteiger partial charge in [-0.1, -0.05) is 18.2 Å². The Morgan fingerprint density at radius 2 is 1.64 bits per heavy atom. The highest BCUT2D eigenvalue weighted by molar-refractivity contribution is 5.50. The van der Waals surface area contributed by atoms with E-state index >= 15 is 0 Å². The van der Waals surface area contributed by atoms with Crippen molar-refractivity contribution in [2.45, 2.75) is 6.92 Å². The Labute approximate surface area is 165 Å². The summed E-state index contributed by atoms with van der Waals surface area (Å²) in [6.45, 7) is 13.9. The van der Waals surface area contributed by atoms with Gasteiger partial charge >= 0.3 is 0 Å². The molecular weight excluding hydrogens is 357 g/mol. The molecule has 3 rings (SSSR count). The van der Waals surface area contributed by atoms with Crippen molar-refractivity contribution in [3.8, 4) is 0 Å². The topological polar surface area (TPSA) is 69.2 Å². The van der Waals surface area contributed by atoms with E-state index < -0.39 is 0 Å². The quantitative estimate of drug-likeness (QED) is 0.679. The molecule has 0 unspecified atom stereocenters. The molecule has 2 N–H and O–H groups in total. The molecule has 1 fully saturated rings. The van der Waals surface area contributed by atoms with Gasteiger partial charge < -0.3 is 20.4 Å². The number of anilines is 4. The first-order valence-electron chi connectivity index (χ1n) is 9.29. The van der Waals surface area contributed by atoms with Crippen LogP contribution in [0, 0.1) is 5.82 Å². The Morgan fingerprint density at radius 1 is 1.04 bits per heavy atom. The van der Waals surface area contributed by atoms with Crippen molar-refractivity contribution >= 4 is 23.5 Å². The van der Waals surface area contributed by atoms with Crippen LogP contribution in [0.2, 0.25) is 0 Å². The molecule has 0 amide bonds. The summed E-state index contributed by atoms with van der Waals surface area (Å²) in [6, 6.07) is 6.60. The fourth-order valence-corrected chi connectivity index (χ4v) is 2.87. The maximum atomic E-state index is 13.1. The van der Waals surface area contributed by atoms with E-state index in [1.54, 1.807) is 6.08 Å². The number of rotatable bonds is 8. The fraction of sp³-hybridized carbons (Fsp3) is 0.350. The molecule has 0 aliphatic carbocycles. The number of benzene rings is 1. The van der Waals surface area contributed by atoms with Gasteiger partial charge in [0, 0.05) is 45.0 Å². The monoisotopic (exact) mass is 383 g/mol. The molecule has 2 aromatic rings. The minimum absolute atomic E-state index is 0.220. The smallest absolute Gasteiger partial charge is 0.232 e. The number of nitrogens with zero attached hydrogens (tertiary/aromatic N) is 5. The van der Waals surface area contributed by atoms with Gasteiger partial charge in [0.05, 0.1) is 0 Å². The highest BCUT2D eigenvalue weighted by Gasteiger charge is 2.21. The molecule has 0 atom stereocenters. The number of hydrogen-bond acceptors (Lipinski definition) is 7. The first kappa shape index (κ1) is 19.6. The van der Waals surface area contributed by atoms with Crippen LogP contribution in [-0.2, 0) is 0 Å². The lowest BCUT2D eigenvalue weighted by molar-refractivity contribution is 0.623. The summed E-state index contributed by atoms with van der Waals surface area (Å²) in [5.74, 6) is 1.43. The molecule has 28 heavy (non-hydrogen) atoms. The summed E-state index contributed by atoms with van der Waals surface area (Å²) in [4.78, 5) is 17.9. The van der Waals surface area contributed by atoms with E-state index in [4.69, 9.17) is 0 Å². The summed E-state index contributed by atoms with van der Waals surface area (Å²) >= 11 is 0. The minimum atomic E-state index is -0.220. The minimum Gasteiger partial charge on any atom is -0.368 e. The summed E-state index contributed by atoms with van der Waals surface area (Å²) in [5, 5.41) is 6.31. The van der Waals surface area contributed by atoms with Crippen LogP contribution in [0.3, 0.4) is 0 Å². The van der Waals surface area contributed by atoms with Crippen molar-refractivity contribution in [2.24, 2.45) is 0 Å². The zero-order chi connectivity index (χ0) is 19.9. The Kier molecular flexibility index (Phi) is 6.41. The predicted octanol–water partition coefficient (Wildman–Crippen LogP) is 2.92. The average molecular weight is 383 g/mol. The summed E-state index contributed by atoms with van der Waals surface area (Å²) in [5.41, 5.74) is 2.02. The van der Waals surface area contributed by atoms with E-state index in [1.165, 1.54) is 12.1 Å². The van der Waals surface area contributed by atoms with Gasteiger partial charge in [-0.3, -0.25) is 0 Å². The van der Waals surface area contributed by atoms with Crippen molar-refractivity contribution in [2.75, 3.05) is 59.7 Å². The third-order valence-electron chi connectivity index (χ3n) is 4.33. The molecule has 0 spiro atoms. The van der Waals surface area contributed by atoms with Crippen LogP contribution in [0.4, 0.5) is 27.9 Å². The van der Waals surface area contributed by atoms with Gasteiger partial charge in [-0.25, -0.2) is 4.39 Å². The summed E-state index contributed by atoms with van der Waals surface area (Å²) in [6.07, 6.45) is 1.76. The third kappa shape index (κ3) is 5.18. The largest absolute Gasteiger partial charge is 0.368 e. The van der Waals surface area contributed by atoms with Crippen LogP contribution < -0.4 is 20.4 Å². The highest BCUT2D eigenvalue weighted by atomic mass is 19.1. The fourth-order valence-electron chi connectivity index (χ4n) is 2.87. The van der Waals surface area contributed by atoms with Crippen LogP contribution in [0.5, 0.6) is 0 Å². The summed E-state index contributed by atoms with van der Waals surface area (Å²) < 4.78 is 13.1. The van der Waals surface area contributed by atoms with Gasteiger partial charge in [-0.15, -0.1) is 6.58 Å². The molecule has 148 valence electrons. The van der Waals surface area contributed by atoms with Crippen LogP contribution in [0.1, 0.15) is 6.92 Å². The predicted molar refractivity (Wildman–Crippen MR) is 113 cm³/mol. The van der Waals surface area contributed by atoms with E-state index in [2.05, 4.69) is 48.5 Å². The number of halogens is 1. The van der Waals surface area contributed by atoms with Crippen molar-refractivity contribution in [1.82, 2.24) is 15.0 Å². The summed E-state index contributed by atoms with van der Waals surface area (Å²) in [7, 11) is 0. The second kappa shape index (κ2) is 9.16. The van der Waals surface area contributed by atoms with Crippen molar-refractivity contribution < 1.29 is 4.39 Å². The first-order valence-corrected chi connectivity index (χ1v) is 9.29. The number of hydrogen-bond donors (Lipinski definition) is 2. The molecule has 7 nitrogen and oxygen atoms in total. The second-order valence-electron chi connectivity index (χ2n) is 6.71. The Hall–Kier alpha value is -3.16. The molecule has 0 bridgehead atoms. The average Bonchev–Trinajstić information content (AvgIpc) is 2.71. The molecule has 1 aromatic heterocycles. The van der Waals surface area contributed by atoms with Gasteiger partial charge in [0.2, 0.25) is 17.8 Å². The van der Waals surface area contributed by atoms with Crippen molar-refractivity contribution in [1.29, 1.82) is 0 Å². The molecule has 1 aliphatic rings. The maximum absolute atomic E-state index is 13.1. The van der Waals surface area contributed by atoms with E-state index in [9.17, 15) is 4.39 Å². The van der Waals surface area contributed by atoms with Gasteiger partial charge in [-0.2, -0.15) is 15.0 Å². The van der Waals surface area contributed by atoms with Gasteiger partial charge in [0.15, 0.2) is 0 Å². The Bertz CT molecular complexity index is 814. The Balaban J connectivity index is 1.71. The van der Waals surface area contributed by atoms with Crippen molar-refractivity contribution in [3.63, 3.8) is 0 Å². The van der Waals surface area contributed by atoms with Crippen LogP contribution >= 0.6 is 0 Å². The van der Waals surface area contributed by atoms with Gasteiger partial charge in [0.1, 0.15) is 5.82 Å². The zero-order valence-electron chi connectivity index (χ0n) is 16.2. The van der Waals surface area contributed by atoms with Crippen LogP contribution in [0.15, 0.2) is 49.1 Å². The van der Waals surface area contributed by atoms with Gasteiger partial charge in [-0.05, 0) is 31.2 Å². The maximum Gasteiger partial charge on any atom is 0.232 e.